The lowest BCUT2D eigenvalue weighted by atomic mass is 9.85. The zero-order chi connectivity index (χ0) is 33.5. The summed E-state index contributed by atoms with van der Waals surface area (Å²) in [5.74, 6) is -0.921. The number of anilines is 2. The van der Waals surface area contributed by atoms with Gasteiger partial charge in [-0.05, 0) is 61.1 Å². The number of hydrogen-bond acceptors (Lipinski definition) is 8. The van der Waals surface area contributed by atoms with Crippen molar-refractivity contribution in [2.45, 2.75) is 75.6 Å². The van der Waals surface area contributed by atoms with Crippen LogP contribution < -0.4 is 15.5 Å². The Balaban J connectivity index is 1.11. The number of nitrogens with one attached hydrogen (secondary N) is 2. The smallest absolute Gasteiger partial charge is 0.303 e. The highest BCUT2D eigenvalue weighted by Gasteiger charge is 2.50. The maximum Gasteiger partial charge on any atom is 0.303 e. The van der Waals surface area contributed by atoms with Crippen LogP contribution in [-0.2, 0) is 30.5 Å². The Morgan fingerprint density at radius 2 is 1.58 bits per heavy atom. The van der Waals surface area contributed by atoms with Gasteiger partial charge in [0.1, 0.15) is 5.54 Å². The number of nitrogens with zero attached hydrogens (tertiary/aromatic N) is 2. The number of para-hydroxylation sites is 1. The molecule has 0 aromatic heterocycles. The summed E-state index contributed by atoms with van der Waals surface area (Å²) in [4.78, 5) is 40.8. The van der Waals surface area contributed by atoms with Crippen molar-refractivity contribution in [3.63, 3.8) is 0 Å². The van der Waals surface area contributed by atoms with Gasteiger partial charge < -0.3 is 40.1 Å². The second kappa shape index (κ2) is 15.3. The molecule has 3 fully saturated rings. The number of aliphatic hydroxyl groups excluding tert-OH is 1. The molecule has 0 aliphatic carbocycles. The van der Waals surface area contributed by atoms with Crippen LogP contribution in [0.5, 0.6) is 0 Å². The van der Waals surface area contributed by atoms with Crippen LogP contribution in [0.4, 0.5) is 11.4 Å². The number of aliphatic carboxylic acids is 1. The Hall–Kier alpha value is -4.29. The Labute approximate surface area is 280 Å². The summed E-state index contributed by atoms with van der Waals surface area (Å²) in [5.41, 5.74) is 3.82. The fraction of sp³-hybridized carbons (Fsp3) is 0.432. The van der Waals surface area contributed by atoms with Crippen molar-refractivity contribution < 1.29 is 34.1 Å². The zero-order valence-electron chi connectivity index (χ0n) is 27.1. The number of amides is 2. The van der Waals surface area contributed by atoms with Crippen LogP contribution >= 0.6 is 0 Å². The molecule has 254 valence electrons. The third kappa shape index (κ3) is 7.87. The van der Waals surface area contributed by atoms with E-state index in [4.69, 9.17) is 14.6 Å². The number of ether oxygens (including phenoxy) is 2. The third-order valence-corrected chi connectivity index (χ3v) is 9.68. The molecule has 3 aliphatic heterocycles. The average molecular weight is 657 g/mol. The van der Waals surface area contributed by atoms with Gasteiger partial charge in [0, 0.05) is 55.8 Å². The number of carbonyl (C=O) groups is 3. The van der Waals surface area contributed by atoms with Crippen molar-refractivity contribution in [1.29, 1.82) is 0 Å². The quantitative estimate of drug-likeness (QED) is 0.204. The predicted octanol–water partition coefficient (Wildman–Crippen LogP) is 4.74. The highest BCUT2D eigenvalue weighted by molar-refractivity contribution is 5.93. The molecule has 11 nitrogen and oxygen atoms in total. The van der Waals surface area contributed by atoms with Crippen LogP contribution in [0.1, 0.15) is 74.0 Å². The summed E-state index contributed by atoms with van der Waals surface area (Å²) in [7, 11) is 0. The van der Waals surface area contributed by atoms with Crippen LogP contribution in [0.3, 0.4) is 0 Å². The van der Waals surface area contributed by atoms with Gasteiger partial charge in [0.05, 0.1) is 25.5 Å². The van der Waals surface area contributed by atoms with E-state index in [1.54, 1.807) is 0 Å². The Kier molecular flexibility index (Phi) is 10.7. The monoisotopic (exact) mass is 656 g/mol. The number of piperidine rings is 1. The zero-order valence-corrected chi connectivity index (χ0v) is 27.1. The maximum absolute atomic E-state index is 13.2. The number of carbonyl (C=O) groups excluding carboxylic acids is 2. The van der Waals surface area contributed by atoms with Crippen molar-refractivity contribution in [3.05, 3.63) is 95.6 Å². The van der Waals surface area contributed by atoms with Crippen LogP contribution in [0.15, 0.2) is 78.9 Å². The van der Waals surface area contributed by atoms with E-state index >= 15 is 0 Å². The molecule has 3 heterocycles. The van der Waals surface area contributed by atoms with Gasteiger partial charge in [-0.1, -0.05) is 54.6 Å². The molecule has 3 saturated heterocycles. The number of aliphatic hydroxyl groups is 1. The summed E-state index contributed by atoms with van der Waals surface area (Å²) in [6.07, 6.45) is 2.40. The molecule has 4 N–H and O–H groups in total. The first kappa shape index (κ1) is 33.6. The third-order valence-electron chi connectivity index (χ3n) is 9.68. The molecule has 0 unspecified atom stereocenters. The van der Waals surface area contributed by atoms with Crippen LogP contribution in [-0.4, -0.2) is 70.8 Å². The number of rotatable bonds is 12. The molecule has 0 bridgehead atoms. The first-order valence-corrected chi connectivity index (χ1v) is 16.8. The molecule has 1 spiro atoms. The van der Waals surface area contributed by atoms with E-state index in [1.165, 1.54) is 0 Å². The van der Waals surface area contributed by atoms with Crippen molar-refractivity contribution in [3.8, 4) is 0 Å². The molecule has 3 aromatic rings. The minimum atomic E-state index is -0.859. The van der Waals surface area contributed by atoms with E-state index < -0.39 is 17.8 Å². The first-order chi connectivity index (χ1) is 23.3. The molecule has 2 amide bonds. The molecule has 3 atom stereocenters. The second-order valence-electron chi connectivity index (χ2n) is 12.9. The van der Waals surface area contributed by atoms with Crippen LogP contribution in [0.2, 0.25) is 0 Å². The van der Waals surface area contributed by atoms with Crippen molar-refractivity contribution in [1.82, 2.24) is 10.2 Å². The number of carboxylic acids is 1. The summed E-state index contributed by atoms with van der Waals surface area (Å²) in [5, 5.41) is 24.3. The molecular weight excluding hydrogens is 612 g/mol. The minimum Gasteiger partial charge on any atom is -0.481 e. The number of likely N-dealkylation sites (tertiary alicyclic amines) is 1. The van der Waals surface area contributed by atoms with E-state index in [0.717, 1.165) is 48.3 Å². The molecule has 11 heteroatoms. The lowest BCUT2D eigenvalue weighted by Gasteiger charge is -2.45. The predicted molar refractivity (Wildman–Crippen MR) is 180 cm³/mol. The fourth-order valence-electron chi connectivity index (χ4n) is 6.97. The normalized spacial score (nSPS) is 22.4. The summed E-state index contributed by atoms with van der Waals surface area (Å²) >= 11 is 0. The summed E-state index contributed by atoms with van der Waals surface area (Å²) < 4.78 is 13.1. The van der Waals surface area contributed by atoms with Gasteiger partial charge in [-0.3, -0.25) is 14.4 Å². The van der Waals surface area contributed by atoms with Crippen LogP contribution in [0.25, 0.3) is 0 Å². The summed E-state index contributed by atoms with van der Waals surface area (Å²) in [6, 6.07) is 25.3. The van der Waals surface area contributed by atoms with Gasteiger partial charge in [0.15, 0.2) is 6.29 Å². The lowest BCUT2D eigenvalue weighted by molar-refractivity contribution is -0.253. The second-order valence-corrected chi connectivity index (χ2v) is 12.9. The van der Waals surface area contributed by atoms with Gasteiger partial charge in [-0.2, -0.15) is 0 Å². The van der Waals surface area contributed by atoms with E-state index in [0.29, 0.717) is 38.2 Å². The van der Waals surface area contributed by atoms with E-state index in [1.807, 2.05) is 66.7 Å². The van der Waals surface area contributed by atoms with Gasteiger partial charge in [-0.15, -0.1) is 0 Å². The Morgan fingerprint density at radius 3 is 2.27 bits per heavy atom. The molecule has 3 aromatic carbocycles. The van der Waals surface area contributed by atoms with Crippen molar-refractivity contribution >= 4 is 29.2 Å². The number of carboxylic acid groups (broad SMARTS) is 1. The molecule has 0 saturated carbocycles. The fourth-order valence-corrected chi connectivity index (χ4v) is 6.97. The van der Waals surface area contributed by atoms with Crippen molar-refractivity contribution in [2.24, 2.45) is 0 Å². The standard InChI is InChI=1S/C37H44N4O7/c42-24-26-10-12-27(13-11-26)32-22-31(23-40-20-18-37(19-21-40)36(46)38-25-41(37)30-6-2-1-3-7-30)47-35(48-32)28-14-16-29(17-15-28)39-33(43)8-4-5-9-34(44)45/h1-3,6-7,10-17,31-32,35,42H,4-5,8-9,18-25H2,(H,38,46)(H,39,43)(H,44,45)/t31-,32+,35+/m1/s1. The lowest BCUT2D eigenvalue weighted by Crippen LogP contribution is -2.57. The first-order valence-electron chi connectivity index (χ1n) is 16.8. The van der Waals surface area contributed by atoms with Gasteiger partial charge in [0.2, 0.25) is 11.8 Å². The van der Waals surface area contributed by atoms with Crippen LogP contribution in [0, 0.1) is 0 Å². The van der Waals surface area contributed by atoms with Gasteiger partial charge in [-0.25, -0.2) is 0 Å². The number of hydrogen-bond donors (Lipinski definition) is 4. The molecule has 3 aliphatic rings. The molecule has 48 heavy (non-hydrogen) atoms. The van der Waals surface area contributed by atoms with E-state index in [2.05, 4.69) is 32.6 Å². The number of unbranched alkanes of at least 4 members (excludes halogenated alkanes) is 1. The number of benzene rings is 3. The van der Waals surface area contributed by atoms with E-state index in [9.17, 15) is 19.5 Å². The largest absolute Gasteiger partial charge is 0.481 e. The maximum atomic E-state index is 13.2. The minimum absolute atomic E-state index is 0.0262. The highest BCUT2D eigenvalue weighted by atomic mass is 16.7. The van der Waals surface area contributed by atoms with Gasteiger partial charge in [0.25, 0.3) is 0 Å². The summed E-state index contributed by atoms with van der Waals surface area (Å²) in [6.45, 7) is 2.72. The van der Waals surface area contributed by atoms with Gasteiger partial charge >= 0.3 is 5.97 Å². The molecule has 6 rings (SSSR count). The SMILES string of the molecule is O=C(O)CCCCC(=O)Nc1ccc([C@H]2O[C@@H](CN3CCC4(CC3)C(=O)NCN4c3ccccc3)C[C@@H](c3ccc(CO)cc3)O2)cc1. The topological polar surface area (TPSA) is 141 Å². The van der Waals surface area contributed by atoms with E-state index in [-0.39, 0.29) is 43.5 Å². The molecule has 0 radical (unpaired) electrons. The van der Waals surface area contributed by atoms with Crippen molar-refractivity contribution in [2.75, 3.05) is 36.5 Å². The molecular formula is C37H44N4O7. The highest BCUT2D eigenvalue weighted by Crippen LogP contribution is 2.40. The Morgan fingerprint density at radius 1 is 0.896 bits per heavy atom. The Bertz CT molecular complexity index is 1540. The average Bonchev–Trinajstić information content (AvgIpc) is 3.42.